The van der Waals surface area contributed by atoms with E-state index < -0.39 is 65.4 Å². The van der Waals surface area contributed by atoms with Crippen LogP contribution in [-0.2, 0) is 19.1 Å². The Morgan fingerprint density at radius 3 is 2.31 bits per heavy atom. The van der Waals surface area contributed by atoms with Crippen molar-refractivity contribution in [2.24, 2.45) is 17.8 Å². The first-order valence-electron chi connectivity index (χ1n) is 8.27. The van der Waals surface area contributed by atoms with Crippen LogP contribution >= 0.6 is 0 Å². The number of halogens is 1. The first-order chi connectivity index (χ1) is 11.9. The summed E-state index contributed by atoms with van der Waals surface area (Å²) in [7, 11) is 0. The van der Waals surface area contributed by atoms with Crippen molar-refractivity contribution in [3.63, 3.8) is 0 Å². The molecule has 0 aliphatic heterocycles. The molecule has 0 heterocycles. The summed E-state index contributed by atoms with van der Waals surface area (Å²) in [4.78, 5) is 46.4. The van der Waals surface area contributed by atoms with Gasteiger partial charge < -0.3 is 25.6 Å². The number of alkyl carbamates (subject to hydrolysis) is 1. The number of carbonyl (C=O) groups excluding carboxylic acids is 2. The summed E-state index contributed by atoms with van der Waals surface area (Å²) in [5, 5.41) is 23.2. The van der Waals surface area contributed by atoms with Crippen LogP contribution in [0, 0.1) is 17.8 Å². The van der Waals surface area contributed by atoms with Gasteiger partial charge in [0.1, 0.15) is 17.3 Å². The summed E-state index contributed by atoms with van der Waals surface area (Å²) in [5.74, 6) is -6.43. The van der Waals surface area contributed by atoms with Gasteiger partial charge in [-0.15, -0.1) is 0 Å². The van der Waals surface area contributed by atoms with Crippen molar-refractivity contribution >= 4 is 23.9 Å². The van der Waals surface area contributed by atoms with Crippen molar-refractivity contribution in [1.29, 1.82) is 0 Å². The molecular formula is C16H23FN2O7. The lowest BCUT2D eigenvalue weighted by atomic mass is 9.89. The van der Waals surface area contributed by atoms with Crippen molar-refractivity contribution in [2.45, 2.75) is 50.9 Å². The Kier molecular flexibility index (Phi) is 5.16. The van der Waals surface area contributed by atoms with Gasteiger partial charge in [-0.3, -0.25) is 9.59 Å². The third-order valence-corrected chi connectivity index (χ3v) is 4.63. The van der Waals surface area contributed by atoms with Crippen LogP contribution in [0.1, 0.15) is 33.6 Å². The summed E-state index contributed by atoms with van der Waals surface area (Å²) in [5.41, 5.74) is -2.64. The van der Waals surface area contributed by atoms with Crippen molar-refractivity contribution in [3.8, 4) is 0 Å². The maximum absolute atomic E-state index is 14.0. The van der Waals surface area contributed by atoms with Crippen LogP contribution in [0.2, 0.25) is 0 Å². The SMILES string of the molecule is CC(C)(C)OC(=O)NCCC(=O)N[C@@]1(C(=O)O)C[C@@H](F)[C@H]2[C@H](C(=O)O)[C@H]21. The summed E-state index contributed by atoms with van der Waals surface area (Å²) in [6.45, 7) is 4.92. The lowest BCUT2D eigenvalue weighted by Crippen LogP contribution is -2.56. The quantitative estimate of drug-likeness (QED) is 0.531. The minimum Gasteiger partial charge on any atom is -0.481 e. The maximum atomic E-state index is 14.0. The van der Waals surface area contributed by atoms with Crippen LogP contribution in [0.4, 0.5) is 9.18 Å². The number of carboxylic acid groups (broad SMARTS) is 2. The molecule has 0 bridgehead atoms. The zero-order valence-corrected chi connectivity index (χ0v) is 14.7. The van der Waals surface area contributed by atoms with E-state index in [0.717, 1.165) is 0 Å². The van der Waals surface area contributed by atoms with Crippen LogP contribution in [0.25, 0.3) is 0 Å². The molecule has 0 spiro atoms. The van der Waals surface area contributed by atoms with Gasteiger partial charge in [0.05, 0.1) is 5.92 Å². The van der Waals surface area contributed by atoms with Gasteiger partial charge >= 0.3 is 18.0 Å². The summed E-state index contributed by atoms with van der Waals surface area (Å²) >= 11 is 0. The Morgan fingerprint density at radius 1 is 1.23 bits per heavy atom. The number of nitrogens with one attached hydrogen (secondary N) is 2. The highest BCUT2D eigenvalue weighted by molar-refractivity contribution is 5.91. The molecule has 4 N–H and O–H groups in total. The fourth-order valence-corrected chi connectivity index (χ4v) is 3.64. The first kappa shape index (κ1) is 19.9. The van der Waals surface area contributed by atoms with Crippen LogP contribution in [0.3, 0.4) is 0 Å². The third-order valence-electron chi connectivity index (χ3n) is 4.63. The van der Waals surface area contributed by atoms with E-state index in [-0.39, 0.29) is 13.0 Å². The van der Waals surface area contributed by atoms with E-state index in [0.29, 0.717) is 0 Å². The highest BCUT2D eigenvalue weighted by Gasteiger charge is 2.76. The third kappa shape index (κ3) is 3.88. The van der Waals surface area contributed by atoms with Crippen molar-refractivity contribution in [2.75, 3.05) is 6.54 Å². The smallest absolute Gasteiger partial charge is 0.407 e. The Labute approximate surface area is 149 Å². The van der Waals surface area contributed by atoms with E-state index in [1.54, 1.807) is 20.8 Å². The zero-order chi connectivity index (χ0) is 19.9. The topological polar surface area (TPSA) is 142 Å². The lowest BCUT2D eigenvalue weighted by Gasteiger charge is -2.29. The lowest BCUT2D eigenvalue weighted by molar-refractivity contribution is -0.150. The second kappa shape index (κ2) is 6.73. The molecule has 2 aliphatic rings. The molecule has 0 aromatic heterocycles. The number of rotatable bonds is 6. The zero-order valence-electron chi connectivity index (χ0n) is 14.7. The number of carbonyl (C=O) groups is 4. The van der Waals surface area contributed by atoms with E-state index in [2.05, 4.69) is 10.6 Å². The minimum atomic E-state index is -1.93. The van der Waals surface area contributed by atoms with Crippen LogP contribution in [0.15, 0.2) is 0 Å². The standard InChI is InChI=1S/C16H23FN2O7/c1-15(2,3)26-14(25)18-5-4-8(20)19-16(13(23)24)6-7(17)9-10(11(9)16)12(21)22/h7,9-11H,4-6H2,1-3H3,(H,18,25)(H,19,20)(H,21,22)(H,23,24)/t7-,9+,10+,11+,16+/m1/s1. The molecule has 5 atom stereocenters. The second-order valence-electron chi connectivity index (χ2n) is 7.69. The molecule has 2 rings (SSSR count). The molecule has 9 nitrogen and oxygen atoms in total. The normalized spacial score (nSPS) is 32.3. The van der Waals surface area contributed by atoms with Crippen LogP contribution in [-0.4, -0.2) is 58.0 Å². The molecule has 2 fully saturated rings. The monoisotopic (exact) mass is 374 g/mol. The Hall–Kier alpha value is -2.39. The van der Waals surface area contributed by atoms with Gasteiger partial charge in [0.2, 0.25) is 5.91 Å². The highest BCUT2D eigenvalue weighted by Crippen LogP contribution is 2.63. The number of alkyl halides is 1. The van der Waals surface area contributed by atoms with E-state index in [9.17, 15) is 28.7 Å². The van der Waals surface area contributed by atoms with Crippen LogP contribution in [0.5, 0.6) is 0 Å². The highest BCUT2D eigenvalue weighted by atomic mass is 19.1. The number of hydrogen-bond acceptors (Lipinski definition) is 5. The molecule has 0 aromatic rings. The average Bonchev–Trinajstić information content (AvgIpc) is 3.14. The van der Waals surface area contributed by atoms with Crippen LogP contribution < -0.4 is 10.6 Å². The van der Waals surface area contributed by atoms with Gasteiger partial charge in [-0.05, 0) is 20.8 Å². The molecular weight excluding hydrogens is 351 g/mol. The maximum Gasteiger partial charge on any atom is 0.407 e. The van der Waals surface area contributed by atoms with E-state index >= 15 is 0 Å². The number of amides is 2. The van der Waals surface area contributed by atoms with Crippen molar-refractivity contribution in [1.82, 2.24) is 10.6 Å². The fourth-order valence-electron chi connectivity index (χ4n) is 3.64. The molecule has 0 radical (unpaired) electrons. The van der Waals surface area contributed by atoms with E-state index in [4.69, 9.17) is 9.84 Å². The molecule has 2 amide bonds. The minimum absolute atomic E-state index is 0.105. The molecule has 2 aliphatic carbocycles. The molecule has 10 heteroatoms. The predicted octanol–water partition coefficient (Wildman–Crippen LogP) is 0.529. The van der Waals surface area contributed by atoms with E-state index in [1.165, 1.54) is 0 Å². The van der Waals surface area contributed by atoms with Gasteiger partial charge in [0, 0.05) is 31.2 Å². The van der Waals surface area contributed by atoms with Gasteiger partial charge in [-0.25, -0.2) is 14.0 Å². The largest absolute Gasteiger partial charge is 0.481 e. The summed E-state index contributed by atoms with van der Waals surface area (Å²) in [6.07, 6.45) is -3.04. The van der Waals surface area contributed by atoms with Gasteiger partial charge in [-0.1, -0.05) is 0 Å². The molecule has 0 aromatic carbocycles. The summed E-state index contributed by atoms with van der Waals surface area (Å²) in [6, 6.07) is 0. The predicted molar refractivity (Wildman–Crippen MR) is 85.0 cm³/mol. The second-order valence-corrected chi connectivity index (χ2v) is 7.69. The van der Waals surface area contributed by atoms with Crippen molar-refractivity contribution in [3.05, 3.63) is 0 Å². The number of aliphatic carboxylic acids is 2. The van der Waals surface area contributed by atoms with Crippen molar-refractivity contribution < 1.29 is 38.5 Å². The Morgan fingerprint density at radius 2 is 1.85 bits per heavy atom. The van der Waals surface area contributed by atoms with Gasteiger partial charge in [0.25, 0.3) is 0 Å². The van der Waals surface area contributed by atoms with E-state index in [1.807, 2.05) is 0 Å². The number of ether oxygens (including phenoxy) is 1. The summed E-state index contributed by atoms with van der Waals surface area (Å²) < 4.78 is 19.0. The number of hydrogen-bond donors (Lipinski definition) is 4. The molecule has 0 saturated heterocycles. The Bertz CT molecular complexity index is 633. The fraction of sp³-hybridized carbons (Fsp3) is 0.750. The Balaban J connectivity index is 1.93. The molecule has 2 saturated carbocycles. The molecule has 26 heavy (non-hydrogen) atoms. The van der Waals surface area contributed by atoms with Gasteiger partial charge in [-0.2, -0.15) is 0 Å². The molecule has 0 unspecified atom stereocenters. The molecule has 146 valence electrons. The van der Waals surface area contributed by atoms with Gasteiger partial charge in [0.15, 0.2) is 0 Å². The number of carboxylic acids is 2. The first-order valence-corrected chi connectivity index (χ1v) is 8.27. The average molecular weight is 374 g/mol. The number of fused-ring (bicyclic) bond motifs is 1.